The Kier molecular flexibility index (Phi) is 4.52. The average Bonchev–Trinajstić information content (AvgIpc) is 2.29. The molecule has 0 atom stereocenters. The van der Waals surface area contributed by atoms with E-state index >= 15 is 0 Å². The summed E-state index contributed by atoms with van der Waals surface area (Å²) >= 11 is 0. The van der Waals surface area contributed by atoms with Crippen LogP contribution in [0.25, 0.3) is 0 Å². The molecular formula is C13H19NO3. The molecule has 94 valence electrons. The van der Waals surface area contributed by atoms with E-state index in [1.54, 1.807) is 0 Å². The molecule has 0 radical (unpaired) electrons. The van der Waals surface area contributed by atoms with Crippen molar-refractivity contribution in [1.82, 2.24) is 4.90 Å². The second-order valence-corrected chi connectivity index (χ2v) is 3.98. The van der Waals surface area contributed by atoms with Crippen LogP contribution in [0, 0.1) is 0 Å². The van der Waals surface area contributed by atoms with E-state index in [-0.39, 0.29) is 22.8 Å². The van der Waals surface area contributed by atoms with E-state index in [1.165, 1.54) is 19.1 Å². The Morgan fingerprint density at radius 3 is 2.29 bits per heavy atom. The van der Waals surface area contributed by atoms with Crippen LogP contribution >= 0.6 is 0 Å². The van der Waals surface area contributed by atoms with Crippen LogP contribution in [0.15, 0.2) is 12.1 Å². The largest absolute Gasteiger partial charge is 0.507 e. The van der Waals surface area contributed by atoms with Crippen LogP contribution in [-0.4, -0.2) is 34.0 Å². The van der Waals surface area contributed by atoms with Gasteiger partial charge in [0.1, 0.15) is 11.5 Å². The van der Waals surface area contributed by atoms with Gasteiger partial charge in [0.2, 0.25) is 0 Å². The van der Waals surface area contributed by atoms with E-state index in [0.717, 1.165) is 13.1 Å². The number of carbonyl (C=O) groups excluding carboxylic acids is 1. The highest BCUT2D eigenvalue weighted by atomic mass is 16.3. The van der Waals surface area contributed by atoms with E-state index in [1.807, 2.05) is 13.8 Å². The number of hydrogen-bond donors (Lipinski definition) is 2. The summed E-state index contributed by atoms with van der Waals surface area (Å²) in [5.41, 5.74) is 0.673. The first-order valence-electron chi connectivity index (χ1n) is 5.78. The molecule has 4 heteroatoms. The summed E-state index contributed by atoms with van der Waals surface area (Å²) < 4.78 is 0. The third kappa shape index (κ3) is 2.97. The van der Waals surface area contributed by atoms with Gasteiger partial charge in [-0.3, -0.25) is 9.69 Å². The summed E-state index contributed by atoms with van der Waals surface area (Å²) in [4.78, 5) is 13.4. The fraction of sp³-hybridized carbons (Fsp3) is 0.462. The highest BCUT2D eigenvalue weighted by molar-refractivity contribution is 5.97. The van der Waals surface area contributed by atoms with Crippen LogP contribution in [-0.2, 0) is 6.54 Å². The van der Waals surface area contributed by atoms with Crippen molar-refractivity contribution in [3.8, 4) is 11.5 Å². The van der Waals surface area contributed by atoms with Gasteiger partial charge in [-0.1, -0.05) is 13.8 Å². The molecule has 2 N–H and O–H groups in total. The van der Waals surface area contributed by atoms with Gasteiger partial charge in [-0.05, 0) is 32.1 Å². The number of aromatic hydroxyl groups is 2. The third-order valence-electron chi connectivity index (χ3n) is 2.91. The van der Waals surface area contributed by atoms with Gasteiger partial charge in [-0.15, -0.1) is 0 Å². The summed E-state index contributed by atoms with van der Waals surface area (Å²) in [5.74, 6) is -0.285. The lowest BCUT2D eigenvalue weighted by Gasteiger charge is -2.20. The number of carbonyl (C=O) groups is 1. The molecule has 0 spiro atoms. The van der Waals surface area contributed by atoms with Crippen molar-refractivity contribution >= 4 is 5.78 Å². The average molecular weight is 237 g/mol. The second kappa shape index (κ2) is 5.68. The predicted octanol–water partition coefficient (Wildman–Crippen LogP) is 2.14. The molecular weight excluding hydrogens is 218 g/mol. The van der Waals surface area contributed by atoms with Gasteiger partial charge in [0.25, 0.3) is 0 Å². The van der Waals surface area contributed by atoms with E-state index < -0.39 is 0 Å². The summed E-state index contributed by atoms with van der Waals surface area (Å²) in [5, 5.41) is 19.7. The molecule has 4 nitrogen and oxygen atoms in total. The van der Waals surface area contributed by atoms with Gasteiger partial charge in [0, 0.05) is 6.54 Å². The van der Waals surface area contributed by atoms with Crippen molar-refractivity contribution in [2.24, 2.45) is 0 Å². The van der Waals surface area contributed by atoms with Crippen molar-refractivity contribution < 1.29 is 15.0 Å². The first-order chi connectivity index (χ1) is 8.01. The maximum Gasteiger partial charge on any atom is 0.163 e. The van der Waals surface area contributed by atoms with Crippen LogP contribution in [0.4, 0.5) is 0 Å². The van der Waals surface area contributed by atoms with Gasteiger partial charge in [-0.25, -0.2) is 0 Å². The molecule has 0 aromatic heterocycles. The van der Waals surface area contributed by atoms with Crippen molar-refractivity contribution in [3.05, 3.63) is 23.3 Å². The molecule has 0 saturated carbocycles. The summed E-state index contributed by atoms with van der Waals surface area (Å²) in [6.07, 6.45) is 0. The van der Waals surface area contributed by atoms with Crippen LogP contribution < -0.4 is 0 Å². The highest BCUT2D eigenvalue weighted by Crippen LogP contribution is 2.31. The lowest BCUT2D eigenvalue weighted by Crippen LogP contribution is -2.22. The molecule has 1 aromatic rings. The lowest BCUT2D eigenvalue weighted by molar-refractivity contribution is 0.101. The van der Waals surface area contributed by atoms with Gasteiger partial charge < -0.3 is 10.2 Å². The second-order valence-electron chi connectivity index (χ2n) is 3.98. The van der Waals surface area contributed by atoms with E-state index in [4.69, 9.17) is 0 Å². The molecule has 0 amide bonds. The van der Waals surface area contributed by atoms with Crippen molar-refractivity contribution in [1.29, 1.82) is 0 Å². The molecule has 0 fully saturated rings. The molecule has 0 aliphatic heterocycles. The van der Waals surface area contributed by atoms with Crippen LogP contribution in [0.5, 0.6) is 11.5 Å². The van der Waals surface area contributed by atoms with Gasteiger partial charge in [0.05, 0.1) is 11.1 Å². The Hall–Kier alpha value is -1.55. The molecule has 0 saturated heterocycles. The zero-order valence-electron chi connectivity index (χ0n) is 10.5. The first-order valence-corrected chi connectivity index (χ1v) is 5.78. The van der Waals surface area contributed by atoms with Crippen LogP contribution in [0.3, 0.4) is 0 Å². The summed E-state index contributed by atoms with van der Waals surface area (Å²) in [6.45, 7) is 7.48. The zero-order chi connectivity index (χ0) is 13.0. The normalized spacial score (nSPS) is 10.8. The van der Waals surface area contributed by atoms with Gasteiger partial charge in [0.15, 0.2) is 5.78 Å². The molecule has 0 aliphatic carbocycles. The number of rotatable bonds is 5. The standard InChI is InChI=1S/C13H19NO3/c1-4-14(5-2)8-11-12(16)7-6-10(9(3)15)13(11)17/h6-7,16-17H,4-5,8H2,1-3H3. The Bertz CT molecular complexity index is 411. The molecule has 1 aromatic carbocycles. The van der Waals surface area contributed by atoms with Crippen LogP contribution in [0.1, 0.15) is 36.7 Å². The maximum absolute atomic E-state index is 11.3. The SMILES string of the molecule is CCN(CC)Cc1c(O)ccc(C(C)=O)c1O. The number of ketones is 1. The highest BCUT2D eigenvalue weighted by Gasteiger charge is 2.16. The minimum absolute atomic E-state index is 0.0272. The molecule has 0 aliphatic rings. The smallest absolute Gasteiger partial charge is 0.163 e. The fourth-order valence-electron chi connectivity index (χ4n) is 1.74. The zero-order valence-corrected chi connectivity index (χ0v) is 10.5. The number of Topliss-reactive ketones (excluding diaryl/α,β-unsaturated/α-hetero) is 1. The number of hydrogen-bond acceptors (Lipinski definition) is 4. The number of nitrogens with zero attached hydrogens (tertiary/aromatic N) is 1. The topological polar surface area (TPSA) is 60.8 Å². The van der Waals surface area contributed by atoms with Crippen LogP contribution in [0.2, 0.25) is 0 Å². The van der Waals surface area contributed by atoms with Crippen molar-refractivity contribution in [3.63, 3.8) is 0 Å². The van der Waals surface area contributed by atoms with E-state index in [9.17, 15) is 15.0 Å². The quantitative estimate of drug-likeness (QED) is 0.770. The first kappa shape index (κ1) is 13.5. The van der Waals surface area contributed by atoms with Crippen molar-refractivity contribution in [2.45, 2.75) is 27.3 Å². The van der Waals surface area contributed by atoms with Gasteiger partial charge in [-0.2, -0.15) is 0 Å². The monoisotopic (exact) mass is 237 g/mol. The third-order valence-corrected chi connectivity index (χ3v) is 2.91. The minimum Gasteiger partial charge on any atom is -0.507 e. The minimum atomic E-state index is -0.205. The Labute approximate surface area is 101 Å². The Morgan fingerprint density at radius 2 is 1.82 bits per heavy atom. The number of phenolic OH excluding ortho intramolecular Hbond substituents is 2. The van der Waals surface area contributed by atoms with E-state index in [2.05, 4.69) is 4.90 Å². The fourth-order valence-corrected chi connectivity index (χ4v) is 1.74. The molecule has 0 bridgehead atoms. The molecule has 0 heterocycles. The van der Waals surface area contributed by atoms with E-state index in [0.29, 0.717) is 12.1 Å². The summed E-state index contributed by atoms with van der Waals surface area (Å²) in [6, 6.07) is 2.90. The Morgan fingerprint density at radius 1 is 1.24 bits per heavy atom. The van der Waals surface area contributed by atoms with Crippen molar-refractivity contribution in [2.75, 3.05) is 13.1 Å². The number of phenols is 2. The number of benzene rings is 1. The lowest BCUT2D eigenvalue weighted by atomic mass is 10.0. The summed E-state index contributed by atoms with van der Waals surface area (Å²) in [7, 11) is 0. The molecule has 17 heavy (non-hydrogen) atoms. The predicted molar refractivity (Wildman–Crippen MR) is 66.4 cm³/mol. The maximum atomic E-state index is 11.3. The molecule has 0 unspecified atom stereocenters. The van der Waals surface area contributed by atoms with Gasteiger partial charge >= 0.3 is 0 Å². The Balaban J connectivity index is 3.13. The molecule has 1 rings (SSSR count).